The van der Waals surface area contributed by atoms with Crippen LogP contribution in [0.4, 0.5) is 5.95 Å². The zero-order valence-corrected chi connectivity index (χ0v) is 25.6. The zero-order chi connectivity index (χ0) is 29.8. The fourth-order valence-corrected chi connectivity index (χ4v) is 6.75. The third-order valence-electron chi connectivity index (χ3n) is 9.09. The van der Waals surface area contributed by atoms with E-state index in [9.17, 15) is 9.59 Å². The number of morpholine rings is 1. The number of nitrogens with one attached hydrogen (secondary N) is 1. The molecule has 2 aliphatic heterocycles. The number of benzene rings is 2. The lowest BCUT2D eigenvalue weighted by molar-refractivity contribution is -0.137. The van der Waals surface area contributed by atoms with E-state index in [1.807, 2.05) is 24.3 Å². The average molecular weight is 602 g/mol. The molecule has 1 N–H and O–H groups in total. The maximum atomic E-state index is 14.0. The van der Waals surface area contributed by atoms with Gasteiger partial charge in [-0.2, -0.15) is 0 Å². The highest BCUT2D eigenvalue weighted by Crippen LogP contribution is 2.35. The average Bonchev–Trinajstić information content (AvgIpc) is 3.73. The summed E-state index contributed by atoms with van der Waals surface area (Å²) in [6.45, 7) is 3.93. The van der Waals surface area contributed by atoms with Crippen molar-refractivity contribution in [2.75, 3.05) is 31.1 Å². The molecule has 0 radical (unpaired) electrons. The standard InChI is InChI=1S/C34H40ClN5O3/c1-23-7-2-3-8-24(23)14-17-29-28(33(42)39-19-20-43-31(22-39)32(41)37-27-9-4-5-10-27)21-36-34(38-29)40-18-6-11-30(40)25-12-15-26(35)16-13-25/h2-3,7-8,12-13,15-16,21,27,30-31H,4-6,9-11,14,17-20,22H2,1H3,(H,37,41)/t30-,31+/m1/s1. The summed E-state index contributed by atoms with van der Waals surface area (Å²) in [4.78, 5) is 40.7. The second kappa shape index (κ2) is 13.4. The van der Waals surface area contributed by atoms with E-state index in [0.717, 1.165) is 57.2 Å². The van der Waals surface area contributed by atoms with E-state index in [1.165, 1.54) is 16.7 Å². The Labute approximate surface area is 258 Å². The number of amides is 2. The molecule has 0 bridgehead atoms. The monoisotopic (exact) mass is 601 g/mol. The summed E-state index contributed by atoms with van der Waals surface area (Å²) in [7, 11) is 0. The van der Waals surface area contributed by atoms with Gasteiger partial charge in [0.25, 0.3) is 11.8 Å². The van der Waals surface area contributed by atoms with Crippen LogP contribution in [-0.4, -0.2) is 65.1 Å². The molecule has 9 heteroatoms. The van der Waals surface area contributed by atoms with Crippen molar-refractivity contribution in [3.8, 4) is 0 Å². The lowest BCUT2D eigenvalue weighted by Gasteiger charge is -2.33. The highest BCUT2D eigenvalue weighted by molar-refractivity contribution is 6.30. The van der Waals surface area contributed by atoms with Gasteiger partial charge in [0.05, 0.1) is 30.5 Å². The molecule has 8 nitrogen and oxygen atoms in total. The van der Waals surface area contributed by atoms with Gasteiger partial charge in [-0.1, -0.05) is 60.8 Å². The molecule has 6 rings (SSSR count). The third kappa shape index (κ3) is 6.86. The number of carbonyl (C=O) groups is 2. The van der Waals surface area contributed by atoms with Crippen molar-refractivity contribution in [2.45, 2.75) is 76.5 Å². The summed E-state index contributed by atoms with van der Waals surface area (Å²) in [5.41, 5.74) is 4.87. The first-order valence-electron chi connectivity index (χ1n) is 15.6. The minimum atomic E-state index is -0.668. The summed E-state index contributed by atoms with van der Waals surface area (Å²) >= 11 is 6.16. The van der Waals surface area contributed by atoms with Crippen molar-refractivity contribution in [1.29, 1.82) is 0 Å². The fourth-order valence-electron chi connectivity index (χ4n) is 6.62. The molecule has 1 aromatic heterocycles. The second-order valence-electron chi connectivity index (χ2n) is 12.0. The van der Waals surface area contributed by atoms with Crippen LogP contribution in [0, 0.1) is 6.92 Å². The summed E-state index contributed by atoms with van der Waals surface area (Å²) in [5, 5.41) is 3.84. The van der Waals surface area contributed by atoms with Crippen LogP contribution in [-0.2, 0) is 22.4 Å². The molecule has 1 aliphatic carbocycles. The van der Waals surface area contributed by atoms with Gasteiger partial charge in [-0.05, 0) is 74.3 Å². The van der Waals surface area contributed by atoms with Gasteiger partial charge in [0.2, 0.25) is 5.95 Å². The van der Waals surface area contributed by atoms with Crippen LogP contribution in [0.15, 0.2) is 54.7 Å². The Morgan fingerprint density at radius 2 is 1.79 bits per heavy atom. The Hall–Kier alpha value is -3.49. The largest absolute Gasteiger partial charge is 0.365 e. The predicted octanol–water partition coefficient (Wildman–Crippen LogP) is 5.46. The van der Waals surface area contributed by atoms with Gasteiger partial charge in [-0.15, -0.1) is 0 Å². The van der Waals surface area contributed by atoms with E-state index < -0.39 is 6.10 Å². The van der Waals surface area contributed by atoms with Gasteiger partial charge >= 0.3 is 0 Å². The SMILES string of the molecule is Cc1ccccc1CCc1nc(N2CCC[C@@H]2c2ccc(Cl)cc2)ncc1C(=O)N1CCO[C@H](C(=O)NC2CCCC2)C1. The number of aromatic nitrogens is 2. The molecule has 2 atom stereocenters. The molecule has 2 aromatic carbocycles. The quantitative estimate of drug-likeness (QED) is 0.369. The minimum absolute atomic E-state index is 0.127. The van der Waals surface area contributed by atoms with Crippen LogP contribution in [0.3, 0.4) is 0 Å². The number of anilines is 1. The van der Waals surface area contributed by atoms with E-state index in [2.05, 4.69) is 41.4 Å². The normalized spacial score (nSPS) is 20.9. The summed E-state index contributed by atoms with van der Waals surface area (Å²) in [6, 6.07) is 16.7. The Morgan fingerprint density at radius 3 is 2.58 bits per heavy atom. The van der Waals surface area contributed by atoms with Crippen molar-refractivity contribution < 1.29 is 14.3 Å². The molecule has 2 saturated heterocycles. The summed E-state index contributed by atoms with van der Waals surface area (Å²) in [6.07, 6.45) is 8.72. The number of halogens is 1. The molecule has 3 fully saturated rings. The Morgan fingerprint density at radius 1 is 1.00 bits per heavy atom. The van der Waals surface area contributed by atoms with E-state index in [4.69, 9.17) is 26.3 Å². The van der Waals surface area contributed by atoms with Gasteiger partial charge in [0, 0.05) is 30.4 Å². The number of ether oxygens (including phenoxy) is 1. The maximum absolute atomic E-state index is 14.0. The van der Waals surface area contributed by atoms with E-state index in [-0.39, 0.29) is 30.4 Å². The van der Waals surface area contributed by atoms with Crippen LogP contribution in [0.1, 0.15) is 77.3 Å². The van der Waals surface area contributed by atoms with Gasteiger partial charge < -0.3 is 19.9 Å². The van der Waals surface area contributed by atoms with Crippen LogP contribution in [0.5, 0.6) is 0 Å². The van der Waals surface area contributed by atoms with Crippen molar-refractivity contribution in [3.05, 3.63) is 87.7 Å². The number of hydrogen-bond acceptors (Lipinski definition) is 6. The molecular formula is C34H40ClN5O3. The smallest absolute Gasteiger partial charge is 0.257 e. The zero-order valence-electron chi connectivity index (χ0n) is 24.8. The first-order chi connectivity index (χ1) is 21.0. The first-order valence-corrected chi connectivity index (χ1v) is 16.0. The molecular weight excluding hydrogens is 562 g/mol. The second-order valence-corrected chi connectivity index (χ2v) is 12.4. The molecule has 3 aromatic rings. The van der Waals surface area contributed by atoms with E-state index in [1.54, 1.807) is 11.1 Å². The van der Waals surface area contributed by atoms with E-state index in [0.29, 0.717) is 36.1 Å². The van der Waals surface area contributed by atoms with Crippen molar-refractivity contribution in [3.63, 3.8) is 0 Å². The van der Waals surface area contributed by atoms with Gasteiger partial charge in [-0.3, -0.25) is 9.59 Å². The van der Waals surface area contributed by atoms with Gasteiger partial charge in [0.15, 0.2) is 6.10 Å². The van der Waals surface area contributed by atoms with Gasteiger partial charge in [-0.25, -0.2) is 9.97 Å². The lowest BCUT2D eigenvalue weighted by Crippen LogP contribution is -2.53. The Balaban J connectivity index is 1.25. The maximum Gasteiger partial charge on any atom is 0.257 e. The minimum Gasteiger partial charge on any atom is -0.365 e. The number of rotatable bonds is 8. The highest BCUT2D eigenvalue weighted by Gasteiger charge is 2.33. The predicted molar refractivity (Wildman–Crippen MR) is 167 cm³/mol. The fraction of sp³-hybridized carbons (Fsp3) is 0.471. The highest BCUT2D eigenvalue weighted by atomic mass is 35.5. The van der Waals surface area contributed by atoms with Gasteiger partial charge in [0.1, 0.15) is 0 Å². The molecule has 3 aliphatic rings. The van der Waals surface area contributed by atoms with Crippen molar-refractivity contribution in [1.82, 2.24) is 20.2 Å². The van der Waals surface area contributed by atoms with Crippen LogP contribution in [0.2, 0.25) is 5.02 Å². The van der Waals surface area contributed by atoms with Crippen LogP contribution < -0.4 is 10.2 Å². The number of hydrogen-bond donors (Lipinski definition) is 1. The number of carbonyl (C=O) groups excluding carboxylic acids is 2. The molecule has 0 unspecified atom stereocenters. The summed E-state index contributed by atoms with van der Waals surface area (Å²) < 4.78 is 5.81. The van der Waals surface area contributed by atoms with Crippen molar-refractivity contribution >= 4 is 29.4 Å². The first kappa shape index (κ1) is 29.6. The molecule has 2 amide bonds. The number of aryl methyl sites for hydroxylation is 3. The molecule has 43 heavy (non-hydrogen) atoms. The molecule has 0 spiro atoms. The van der Waals surface area contributed by atoms with Crippen molar-refractivity contribution in [2.24, 2.45) is 0 Å². The molecule has 226 valence electrons. The van der Waals surface area contributed by atoms with Crippen LogP contribution >= 0.6 is 11.6 Å². The Bertz CT molecular complexity index is 1440. The molecule has 1 saturated carbocycles. The lowest BCUT2D eigenvalue weighted by atomic mass is 10.0. The number of nitrogens with zero attached hydrogens (tertiary/aromatic N) is 4. The van der Waals surface area contributed by atoms with Crippen LogP contribution in [0.25, 0.3) is 0 Å². The third-order valence-corrected chi connectivity index (χ3v) is 9.34. The topological polar surface area (TPSA) is 87.7 Å². The molecule has 3 heterocycles. The van der Waals surface area contributed by atoms with E-state index >= 15 is 0 Å². The summed E-state index contributed by atoms with van der Waals surface area (Å²) in [5.74, 6) is 0.367. The Kier molecular flexibility index (Phi) is 9.24.